The van der Waals surface area contributed by atoms with Crippen LogP contribution < -0.4 is 4.90 Å². The third-order valence-corrected chi connectivity index (χ3v) is 4.92. The highest BCUT2D eigenvalue weighted by Gasteiger charge is 2.25. The molecule has 4 heterocycles. The van der Waals surface area contributed by atoms with Crippen molar-refractivity contribution in [2.24, 2.45) is 7.05 Å². The molecule has 3 aromatic heterocycles. The molecule has 0 spiro atoms. The minimum Gasteiger partial charge on any atom is -0.444 e. The number of piperazine rings is 1. The SMILES string of the molecule is C[C@@H](CF)OC(=O)N1CCN(c2ccnc3[nH]c(-c4cnn(C)c4)cc23)CC1. The minimum atomic E-state index is -0.712. The van der Waals surface area contributed by atoms with Gasteiger partial charge in [0.1, 0.15) is 18.4 Å². The molecule has 0 unspecified atom stereocenters. The Balaban J connectivity index is 1.51. The second-order valence-electron chi connectivity index (χ2n) is 7.00. The molecule has 0 saturated carbocycles. The third-order valence-electron chi connectivity index (χ3n) is 4.92. The number of nitrogens with zero attached hydrogens (tertiary/aromatic N) is 5. The zero-order valence-corrected chi connectivity index (χ0v) is 15.9. The molecular weight excluding hydrogens is 363 g/mol. The number of aryl methyl sites for hydroxylation is 1. The lowest BCUT2D eigenvalue weighted by molar-refractivity contribution is 0.0577. The Morgan fingerprint density at radius 1 is 1.36 bits per heavy atom. The number of alkyl halides is 1. The number of carbonyl (C=O) groups excluding carboxylic acids is 1. The maximum absolute atomic E-state index is 12.6. The average molecular weight is 386 g/mol. The standard InChI is InChI=1S/C19H23FN6O2/c1-13(10-20)28-19(27)26-7-5-25(6-8-26)17-3-4-21-18-15(17)9-16(23-18)14-11-22-24(2)12-14/h3-4,9,11-13H,5-8,10H2,1-2H3,(H,21,23)/t13-/m0/s1. The van der Waals surface area contributed by atoms with Gasteiger partial charge in [-0.25, -0.2) is 14.2 Å². The molecule has 28 heavy (non-hydrogen) atoms. The fraction of sp³-hybridized carbons (Fsp3) is 0.421. The third kappa shape index (κ3) is 3.51. The number of anilines is 1. The number of nitrogens with one attached hydrogen (secondary N) is 1. The molecule has 1 aliphatic rings. The molecule has 1 amide bonds. The van der Waals surface area contributed by atoms with E-state index in [0.717, 1.165) is 28.0 Å². The Morgan fingerprint density at radius 3 is 2.82 bits per heavy atom. The summed E-state index contributed by atoms with van der Waals surface area (Å²) in [6.45, 7) is 3.28. The van der Waals surface area contributed by atoms with Crippen LogP contribution in [0.25, 0.3) is 22.3 Å². The molecule has 148 valence electrons. The van der Waals surface area contributed by atoms with Crippen molar-refractivity contribution in [3.8, 4) is 11.3 Å². The van der Waals surface area contributed by atoms with Gasteiger partial charge in [-0.2, -0.15) is 5.10 Å². The number of aromatic nitrogens is 4. The molecule has 9 heteroatoms. The molecule has 1 fully saturated rings. The van der Waals surface area contributed by atoms with E-state index in [1.54, 1.807) is 22.7 Å². The Morgan fingerprint density at radius 2 is 2.14 bits per heavy atom. The van der Waals surface area contributed by atoms with Crippen molar-refractivity contribution in [1.29, 1.82) is 0 Å². The Bertz CT molecular complexity index is 976. The number of carbonyl (C=O) groups is 1. The molecule has 1 aliphatic heterocycles. The van der Waals surface area contributed by atoms with Gasteiger partial charge in [-0.1, -0.05) is 0 Å². The first kappa shape index (κ1) is 18.3. The number of aromatic amines is 1. The van der Waals surface area contributed by atoms with Gasteiger partial charge >= 0.3 is 6.09 Å². The number of halogens is 1. The molecular formula is C19H23FN6O2. The van der Waals surface area contributed by atoms with Crippen LogP contribution in [0.2, 0.25) is 0 Å². The van der Waals surface area contributed by atoms with E-state index in [9.17, 15) is 9.18 Å². The quantitative estimate of drug-likeness (QED) is 0.746. The van der Waals surface area contributed by atoms with Gasteiger partial charge in [-0.15, -0.1) is 0 Å². The predicted molar refractivity (Wildman–Crippen MR) is 104 cm³/mol. The zero-order chi connectivity index (χ0) is 19.7. The van der Waals surface area contributed by atoms with Gasteiger partial charge in [0, 0.05) is 62.3 Å². The first-order valence-corrected chi connectivity index (χ1v) is 9.28. The van der Waals surface area contributed by atoms with Crippen LogP contribution in [-0.2, 0) is 11.8 Å². The summed E-state index contributed by atoms with van der Waals surface area (Å²) in [5, 5.41) is 5.25. The number of rotatable bonds is 4. The number of H-pyrrole nitrogens is 1. The molecule has 1 saturated heterocycles. The van der Waals surface area contributed by atoms with Crippen LogP contribution in [0.4, 0.5) is 14.9 Å². The van der Waals surface area contributed by atoms with E-state index < -0.39 is 18.9 Å². The van der Waals surface area contributed by atoms with E-state index in [-0.39, 0.29) is 0 Å². The number of hydrogen-bond acceptors (Lipinski definition) is 5. The first-order chi connectivity index (χ1) is 13.5. The molecule has 0 aliphatic carbocycles. The second kappa shape index (κ2) is 7.49. The lowest BCUT2D eigenvalue weighted by atomic mass is 10.2. The topological polar surface area (TPSA) is 79.3 Å². The second-order valence-corrected chi connectivity index (χ2v) is 7.00. The highest BCUT2D eigenvalue weighted by molar-refractivity contribution is 5.93. The summed E-state index contributed by atoms with van der Waals surface area (Å²) in [7, 11) is 1.88. The highest BCUT2D eigenvalue weighted by Crippen LogP contribution is 2.30. The molecule has 3 aromatic rings. The fourth-order valence-electron chi connectivity index (χ4n) is 3.41. The van der Waals surface area contributed by atoms with Gasteiger partial charge in [-0.05, 0) is 19.1 Å². The summed E-state index contributed by atoms with van der Waals surface area (Å²) >= 11 is 0. The van der Waals surface area contributed by atoms with Crippen LogP contribution >= 0.6 is 0 Å². The molecule has 4 rings (SSSR count). The normalized spacial score (nSPS) is 15.8. The van der Waals surface area contributed by atoms with Crippen molar-refractivity contribution in [3.63, 3.8) is 0 Å². The molecule has 0 radical (unpaired) electrons. The first-order valence-electron chi connectivity index (χ1n) is 9.28. The van der Waals surface area contributed by atoms with E-state index in [1.807, 2.05) is 25.5 Å². The highest BCUT2D eigenvalue weighted by atomic mass is 19.1. The van der Waals surface area contributed by atoms with Crippen LogP contribution in [0.3, 0.4) is 0 Å². The van der Waals surface area contributed by atoms with Crippen LogP contribution in [-0.4, -0.2) is 69.7 Å². The molecule has 8 nitrogen and oxygen atoms in total. The van der Waals surface area contributed by atoms with E-state index in [2.05, 4.69) is 26.0 Å². The van der Waals surface area contributed by atoms with Crippen molar-refractivity contribution < 1.29 is 13.9 Å². The Hall–Kier alpha value is -3.10. The lowest BCUT2D eigenvalue weighted by Crippen LogP contribution is -2.49. The summed E-state index contributed by atoms with van der Waals surface area (Å²) in [6, 6.07) is 4.07. The van der Waals surface area contributed by atoms with Crippen LogP contribution in [0, 0.1) is 0 Å². The van der Waals surface area contributed by atoms with E-state index >= 15 is 0 Å². The molecule has 1 atom stereocenters. The smallest absolute Gasteiger partial charge is 0.410 e. The van der Waals surface area contributed by atoms with Gasteiger partial charge in [0.25, 0.3) is 0 Å². The van der Waals surface area contributed by atoms with Crippen molar-refractivity contribution in [2.75, 3.05) is 37.8 Å². The number of hydrogen-bond donors (Lipinski definition) is 1. The van der Waals surface area contributed by atoms with Gasteiger partial charge in [0.2, 0.25) is 0 Å². The summed E-state index contributed by atoms with van der Waals surface area (Å²) in [5.74, 6) is 0. The maximum Gasteiger partial charge on any atom is 0.410 e. The minimum absolute atomic E-state index is 0.454. The van der Waals surface area contributed by atoms with Crippen molar-refractivity contribution >= 4 is 22.8 Å². The number of fused-ring (bicyclic) bond motifs is 1. The summed E-state index contributed by atoms with van der Waals surface area (Å²) in [6.07, 6.45) is 4.38. The van der Waals surface area contributed by atoms with E-state index in [0.29, 0.717) is 26.2 Å². The van der Waals surface area contributed by atoms with Gasteiger partial charge in [0.15, 0.2) is 0 Å². The van der Waals surface area contributed by atoms with Crippen molar-refractivity contribution in [1.82, 2.24) is 24.6 Å². The van der Waals surface area contributed by atoms with E-state index in [4.69, 9.17) is 4.74 Å². The monoisotopic (exact) mass is 386 g/mol. The average Bonchev–Trinajstić information content (AvgIpc) is 3.33. The summed E-state index contributed by atoms with van der Waals surface area (Å²) < 4.78 is 19.4. The van der Waals surface area contributed by atoms with Crippen molar-refractivity contribution in [3.05, 3.63) is 30.7 Å². The number of amides is 1. The fourth-order valence-corrected chi connectivity index (χ4v) is 3.41. The van der Waals surface area contributed by atoms with Crippen LogP contribution in [0.1, 0.15) is 6.92 Å². The maximum atomic E-state index is 12.6. The van der Waals surface area contributed by atoms with Gasteiger partial charge in [-0.3, -0.25) is 4.68 Å². The largest absolute Gasteiger partial charge is 0.444 e. The van der Waals surface area contributed by atoms with Crippen LogP contribution in [0.5, 0.6) is 0 Å². The predicted octanol–water partition coefficient (Wildman–Crippen LogP) is 2.58. The van der Waals surface area contributed by atoms with Crippen LogP contribution in [0.15, 0.2) is 30.7 Å². The zero-order valence-electron chi connectivity index (χ0n) is 15.9. The van der Waals surface area contributed by atoms with Crippen molar-refractivity contribution in [2.45, 2.75) is 13.0 Å². The Kier molecular flexibility index (Phi) is 4.89. The van der Waals surface area contributed by atoms with Gasteiger partial charge < -0.3 is 19.5 Å². The summed E-state index contributed by atoms with van der Waals surface area (Å²) in [4.78, 5) is 23.7. The number of ether oxygens (including phenoxy) is 1. The number of pyridine rings is 1. The Labute approximate surface area is 161 Å². The van der Waals surface area contributed by atoms with Gasteiger partial charge in [0.05, 0.1) is 11.9 Å². The molecule has 1 N–H and O–H groups in total. The van der Waals surface area contributed by atoms with E-state index in [1.165, 1.54) is 0 Å². The molecule has 0 bridgehead atoms. The molecule has 0 aromatic carbocycles. The summed E-state index contributed by atoms with van der Waals surface area (Å²) in [5.41, 5.74) is 3.85. The lowest BCUT2D eigenvalue weighted by Gasteiger charge is -2.36.